The van der Waals surface area contributed by atoms with E-state index in [4.69, 9.17) is 18.9 Å². The average molecular weight is 463 g/mol. The van der Waals surface area contributed by atoms with E-state index in [-0.39, 0.29) is 17.0 Å². The number of anilines is 1. The fourth-order valence-corrected chi connectivity index (χ4v) is 4.09. The van der Waals surface area contributed by atoms with Crippen LogP contribution in [0.15, 0.2) is 42.5 Å². The van der Waals surface area contributed by atoms with Gasteiger partial charge >= 0.3 is 0 Å². The van der Waals surface area contributed by atoms with Crippen molar-refractivity contribution < 1.29 is 45.6 Å². The minimum absolute atomic E-state index is 0. The quantitative estimate of drug-likeness (QED) is 0.564. The molecule has 0 saturated carbocycles. The van der Waals surface area contributed by atoms with Gasteiger partial charge in [-0.2, -0.15) is 4.90 Å². The Morgan fingerprint density at radius 2 is 1.79 bits per heavy atom. The number of ether oxygens (including phenoxy) is 4. The molecular weight excluding hydrogens is 440 g/mol. The molecule has 3 aliphatic rings. The van der Waals surface area contributed by atoms with Gasteiger partial charge in [-0.15, -0.1) is 0 Å². The third-order valence-electron chi connectivity index (χ3n) is 5.48. The largest absolute Gasteiger partial charge is 1.00 e. The van der Waals surface area contributed by atoms with Gasteiger partial charge in [-0.3, -0.25) is 4.58 Å². The lowest BCUT2D eigenvalue weighted by Gasteiger charge is -2.30. The summed E-state index contributed by atoms with van der Waals surface area (Å²) in [6.07, 6.45) is 0. The van der Waals surface area contributed by atoms with Crippen LogP contribution in [0.1, 0.15) is 5.56 Å². The molecule has 154 valence electrons. The molecule has 5 rings (SSSR count). The molecular formula is C21H23BrN2O5. The number of fused-ring (bicyclic) bond motifs is 1. The molecule has 1 unspecified atom stereocenters. The molecule has 3 heterocycles. The second kappa shape index (κ2) is 7.85. The van der Waals surface area contributed by atoms with Gasteiger partial charge in [0, 0.05) is 5.56 Å². The third-order valence-corrected chi connectivity index (χ3v) is 5.48. The maximum atomic E-state index is 11.9. The molecule has 0 aromatic heterocycles. The molecule has 0 saturated heterocycles. The Hall–Kier alpha value is -2.29. The van der Waals surface area contributed by atoms with Crippen molar-refractivity contribution in [2.24, 2.45) is 0 Å². The Morgan fingerprint density at radius 3 is 2.55 bits per heavy atom. The molecule has 0 aliphatic carbocycles. The Balaban J connectivity index is 0.00000205. The van der Waals surface area contributed by atoms with Gasteiger partial charge in [-0.25, -0.2) is 0 Å². The lowest BCUT2D eigenvalue weighted by atomic mass is 10.00. The Kier molecular flexibility index (Phi) is 5.42. The van der Waals surface area contributed by atoms with Gasteiger partial charge in [-0.1, -0.05) is 0 Å². The second-order valence-corrected chi connectivity index (χ2v) is 7.10. The topological polar surface area (TPSA) is 63.4 Å². The molecule has 0 fully saturated rings. The van der Waals surface area contributed by atoms with E-state index < -0.39 is 5.72 Å². The predicted molar refractivity (Wildman–Crippen MR) is 103 cm³/mol. The molecule has 0 amide bonds. The molecule has 1 N–H and O–H groups in total. The van der Waals surface area contributed by atoms with Gasteiger partial charge in [-0.05, 0) is 42.5 Å². The molecule has 0 radical (unpaired) electrons. The van der Waals surface area contributed by atoms with Crippen LogP contribution in [0.3, 0.4) is 0 Å². The van der Waals surface area contributed by atoms with Gasteiger partial charge in [0.1, 0.15) is 37.8 Å². The van der Waals surface area contributed by atoms with Gasteiger partial charge in [0.05, 0.1) is 13.7 Å². The van der Waals surface area contributed by atoms with E-state index in [1.807, 2.05) is 47.4 Å². The van der Waals surface area contributed by atoms with E-state index in [0.29, 0.717) is 44.5 Å². The van der Waals surface area contributed by atoms with Crippen LogP contribution in [-0.2, 0) is 10.5 Å². The number of rotatable bonds is 3. The van der Waals surface area contributed by atoms with Crippen molar-refractivity contribution in [1.29, 1.82) is 0 Å². The van der Waals surface area contributed by atoms with E-state index in [1.165, 1.54) is 0 Å². The van der Waals surface area contributed by atoms with E-state index in [1.54, 1.807) is 7.11 Å². The number of hydrogen-bond acceptors (Lipinski definition) is 6. The van der Waals surface area contributed by atoms with E-state index in [9.17, 15) is 5.11 Å². The standard InChI is InChI=1S/C21H23N2O5.BrH/c1-25-17-5-3-16(4-6-17)23-20-13-26-9-8-22(20)14-21(23,24)15-2-7-18-19(12-15)28-11-10-27-18;/h2-7,12,24H,8-11,13-14H2,1H3;1H/q+1;/p-1. The maximum Gasteiger partial charge on any atom is 0.281 e. The summed E-state index contributed by atoms with van der Waals surface area (Å²) >= 11 is 0. The van der Waals surface area contributed by atoms with Gasteiger partial charge in [0.15, 0.2) is 18.0 Å². The minimum Gasteiger partial charge on any atom is -1.00 e. The summed E-state index contributed by atoms with van der Waals surface area (Å²) in [7, 11) is 1.64. The summed E-state index contributed by atoms with van der Waals surface area (Å²) in [5, 5.41) is 11.9. The number of aliphatic hydroxyl groups is 1. The first-order valence-corrected chi connectivity index (χ1v) is 9.44. The van der Waals surface area contributed by atoms with Crippen LogP contribution in [0.5, 0.6) is 17.2 Å². The van der Waals surface area contributed by atoms with Crippen LogP contribution in [-0.4, -0.2) is 62.1 Å². The molecule has 0 spiro atoms. The molecule has 7 nitrogen and oxygen atoms in total. The van der Waals surface area contributed by atoms with Crippen molar-refractivity contribution in [2.75, 3.05) is 51.5 Å². The summed E-state index contributed by atoms with van der Waals surface area (Å²) < 4.78 is 24.5. The van der Waals surface area contributed by atoms with E-state index in [0.717, 1.165) is 29.4 Å². The van der Waals surface area contributed by atoms with Crippen molar-refractivity contribution >= 4 is 11.5 Å². The summed E-state index contributed by atoms with van der Waals surface area (Å²) in [6.45, 7) is 3.36. The van der Waals surface area contributed by atoms with Crippen LogP contribution < -0.4 is 36.1 Å². The van der Waals surface area contributed by atoms with Crippen molar-refractivity contribution in [3.8, 4) is 17.2 Å². The minimum atomic E-state index is -1.24. The van der Waals surface area contributed by atoms with Crippen molar-refractivity contribution in [3.63, 3.8) is 0 Å². The first-order valence-electron chi connectivity index (χ1n) is 9.44. The normalized spacial score (nSPS) is 22.8. The average Bonchev–Trinajstić information content (AvgIpc) is 3.06. The van der Waals surface area contributed by atoms with E-state index >= 15 is 0 Å². The SMILES string of the molecule is COc1ccc(N2C3=[N+](CCOC3)CC2(O)c2ccc3c(c2)OCCO3)cc1.[Br-]. The summed E-state index contributed by atoms with van der Waals surface area (Å²) in [5.41, 5.74) is 0.392. The van der Waals surface area contributed by atoms with Gasteiger partial charge in [0.2, 0.25) is 0 Å². The molecule has 3 aliphatic heterocycles. The number of halogens is 1. The number of benzene rings is 2. The Labute approximate surface area is 179 Å². The highest BCUT2D eigenvalue weighted by Crippen LogP contribution is 2.40. The Morgan fingerprint density at radius 1 is 1.03 bits per heavy atom. The summed E-state index contributed by atoms with van der Waals surface area (Å²) in [4.78, 5) is 1.96. The summed E-state index contributed by atoms with van der Waals surface area (Å²) in [5.74, 6) is 3.10. The first kappa shape index (κ1) is 20.0. The number of methoxy groups -OCH3 is 1. The molecule has 2 aromatic carbocycles. The molecule has 2 aromatic rings. The highest BCUT2D eigenvalue weighted by atomic mass is 79.9. The fourth-order valence-electron chi connectivity index (χ4n) is 4.09. The van der Waals surface area contributed by atoms with Crippen LogP contribution in [0.4, 0.5) is 5.69 Å². The van der Waals surface area contributed by atoms with E-state index in [2.05, 4.69) is 4.58 Å². The maximum absolute atomic E-state index is 11.9. The van der Waals surface area contributed by atoms with Crippen molar-refractivity contribution in [3.05, 3.63) is 48.0 Å². The smallest absolute Gasteiger partial charge is 0.281 e. The highest BCUT2D eigenvalue weighted by molar-refractivity contribution is 5.98. The molecule has 8 heteroatoms. The number of nitrogens with zero attached hydrogens (tertiary/aromatic N) is 2. The molecule has 1 atom stereocenters. The van der Waals surface area contributed by atoms with Gasteiger partial charge < -0.3 is 41.0 Å². The Bertz CT molecular complexity index is 933. The monoisotopic (exact) mass is 462 g/mol. The zero-order valence-corrected chi connectivity index (χ0v) is 17.7. The lowest BCUT2D eigenvalue weighted by molar-refractivity contribution is -0.543. The first-order chi connectivity index (χ1) is 13.7. The zero-order valence-electron chi connectivity index (χ0n) is 16.1. The van der Waals surface area contributed by atoms with Gasteiger partial charge in [0.25, 0.3) is 11.6 Å². The lowest BCUT2D eigenvalue weighted by Crippen LogP contribution is -3.00. The highest BCUT2D eigenvalue weighted by Gasteiger charge is 2.55. The van der Waals surface area contributed by atoms with Crippen LogP contribution in [0.2, 0.25) is 0 Å². The molecule has 29 heavy (non-hydrogen) atoms. The zero-order chi connectivity index (χ0) is 19.1. The van der Waals surface area contributed by atoms with Crippen molar-refractivity contribution in [2.45, 2.75) is 5.72 Å². The third kappa shape index (κ3) is 3.35. The molecule has 0 bridgehead atoms. The van der Waals surface area contributed by atoms with Crippen LogP contribution >= 0.6 is 0 Å². The second-order valence-electron chi connectivity index (χ2n) is 7.10. The number of amidine groups is 1. The van der Waals surface area contributed by atoms with Crippen molar-refractivity contribution in [1.82, 2.24) is 0 Å². The predicted octanol–water partition coefficient (Wildman–Crippen LogP) is -1.42. The number of hydrogen-bond donors (Lipinski definition) is 1. The fraction of sp³-hybridized carbons (Fsp3) is 0.381. The van der Waals surface area contributed by atoms with Crippen LogP contribution in [0, 0.1) is 0 Å². The summed E-state index contributed by atoms with van der Waals surface area (Å²) in [6, 6.07) is 13.3. The van der Waals surface area contributed by atoms with Crippen LogP contribution in [0.25, 0.3) is 0 Å².